The number of hydrogen-bond acceptors (Lipinski definition) is 3. The van der Waals surface area contributed by atoms with Crippen LogP contribution in [0.4, 0.5) is 0 Å². The van der Waals surface area contributed by atoms with Gasteiger partial charge in [-0.05, 0) is 23.8 Å². The van der Waals surface area contributed by atoms with Crippen LogP contribution in [-0.4, -0.2) is 52.9 Å². The fourth-order valence-electron chi connectivity index (χ4n) is 2.22. The summed E-state index contributed by atoms with van der Waals surface area (Å²) in [5.74, 6) is 0.211. The van der Waals surface area contributed by atoms with Crippen LogP contribution in [0.3, 0.4) is 0 Å². The van der Waals surface area contributed by atoms with E-state index in [2.05, 4.69) is 4.90 Å². The molecular weight excluding hydrogens is 287 g/mol. The van der Waals surface area contributed by atoms with Crippen molar-refractivity contribution in [2.75, 3.05) is 32.1 Å². The van der Waals surface area contributed by atoms with Crippen LogP contribution in [0, 0.1) is 0 Å². The van der Waals surface area contributed by atoms with Gasteiger partial charge in [-0.15, -0.1) is 11.6 Å². The van der Waals surface area contributed by atoms with Crippen molar-refractivity contribution < 1.29 is 9.90 Å². The van der Waals surface area contributed by atoms with Crippen LogP contribution < -0.4 is 0 Å². The van der Waals surface area contributed by atoms with Gasteiger partial charge < -0.3 is 10.0 Å². The van der Waals surface area contributed by atoms with E-state index in [1.165, 1.54) is 6.07 Å². The molecular formula is C13H16Cl2N2O2. The number of rotatable bonds is 3. The molecule has 0 aliphatic carbocycles. The first-order valence-corrected chi connectivity index (χ1v) is 7.04. The Morgan fingerprint density at radius 3 is 2.47 bits per heavy atom. The molecule has 1 heterocycles. The minimum absolute atomic E-state index is 0.0123. The minimum Gasteiger partial charge on any atom is -0.508 e. The lowest BCUT2D eigenvalue weighted by Crippen LogP contribution is -2.48. The Morgan fingerprint density at radius 1 is 1.21 bits per heavy atom. The third kappa shape index (κ3) is 4.00. The maximum atomic E-state index is 11.4. The zero-order valence-electron chi connectivity index (χ0n) is 10.5. The molecule has 0 saturated carbocycles. The summed E-state index contributed by atoms with van der Waals surface area (Å²) in [5.41, 5.74) is 0.974. The molecule has 2 rings (SSSR count). The van der Waals surface area contributed by atoms with Crippen molar-refractivity contribution in [1.82, 2.24) is 9.80 Å². The number of hydrogen-bond donors (Lipinski definition) is 1. The van der Waals surface area contributed by atoms with Gasteiger partial charge in [0, 0.05) is 37.7 Å². The van der Waals surface area contributed by atoms with Crippen LogP contribution in [0.15, 0.2) is 18.2 Å². The van der Waals surface area contributed by atoms with Crippen molar-refractivity contribution in [1.29, 1.82) is 0 Å². The standard InChI is InChI=1S/C13H16Cl2N2O2/c14-8-13(19)17-3-1-16(2-4-17)9-10-5-11(15)7-12(18)6-10/h5-7,18H,1-4,8-9H2. The van der Waals surface area contributed by atoms with Crippen molar-refractivity contribution >= 4 is 29.1 Å². The molecule has 1 N–H and O–H groups in total. The van der Waals surface area contributed by atoms with Gasteiger partial charge >= 0.3 is 0 Å². The summed E-state index contributed by atoms with van der Waals surface area (Å²) in [6, 6.07) is 5.07. The minimum atomic E-state index is -0.0123. The molecule has 0 bridgehead atoms. The van der Waals surface area contributed by atoms with E-state index in [9.17, 15) is 9.90 Å². The smallest absolute Gasteiger partial charge is 0.237 e. The summed E-state index contributed by atoms with van der Waals surface area (Å²) >= 11 is 11.4. The predicted octanol–water partition coefficient (Wildman–Crippen LogP) is 1.93. The van der Waals surface area contributed by atoms with Crippen molar-refractivity contribution in [3.05, 3.63) is 28.8 Å². The van der Waals surface area contributed by atoms with Gasteiger partial charge in [0.1, 0.15) is 11.6 Å². The molecule has 1 aromatic carbocycles. The van der Waals surface area contributed by atoms with Gasteiger partial charge in [0.15, 0.2) is 0 Å². The van der Waals surface area contributed by atoms with Crippen molar-refractivity contribution in [2.45, 2.75) is 6.54 Å². The second kappa shape index (κ2) is 6.46. The average molecular weight is 303 g/mol. The number of phenols is 1. The zero-order chi connectivity index (χ0) is 13.8. The third-order valence-electron chi connectivity index (χ3n) is 3.19. The summed E-state index contributed by atoms with van der Waals surface area (Å²) in [6.07, 6.45) is 0. The lowest BCUT2D eigenvalue weighted by atomic mass is 10.2. The van der Waals surface area contributed by atoms with E-state index in [1.54, 1.807) is 11.0 Å². The largest absolute Gasteiger partial charge is 0.508 e. The Hall–Kier alpha value is -0.970. The highest BCUT2D eigenvalue weighted by atomic mass is 35.5. The Morgan fingerprint density at radius 2 is 1.89 bits per heavy atom. The van der Waals surface area contributed by atoms with Crippen molar-refractivity contribution in [2.24, 2.45) is 0 Å². The maximum absolute atomic E-state index is 11.4. The van der Waals surface area contributed by atoms with E-state index in [4.69, 9.17) is 23.2 Å². The van der Waals surface area contributed by atoms with Gasteiger partial charge in [-0.3, -0.25) is 9.69 Å². The highest BCUT2D eigenvalue weighted by Crippen LogP contribution is 2.21. The van der Waals surface area contributed by atoms with E-state index >= 15 is 0 Å². The Bertz CT molecular complexity index is 440. The summed E-state index contributed by atoms with van der Waals surface area (Å²) in [5, 5.41) is 10.0. The highest BCUT2D eigenvalue weighted by Gasteiger charge is 2.20. The lowest BCUT2D eigenvalue weighted by Gasteiger charge is -2.34. The second-order valence-electron chi connectivity index (χ2n) is 4.61. The van der Waals surface area contributed by atoms with Gasteiger partial charge in [-0.25, -0.2) is 0 Å². The Kier molecular flexibility index (Phi) is 4.91. The van der Waals surface area contributed by atoms with E-state index in [0.717, 1.165) is 25.2 Å². The molecule has 1 fully saturated rings. The van der Waals surface area contributed by atoms with E-state index < -0.39 is 0 Å². The quantitative estimate of drug-likeness (QED) is 0.868. The van der Waals surface area contributed by atoms with Crippen LogP contribution in [0.2, 0.25) is 5.02 Å². The van der Waals surface area contributed by atoms with Gasteiger partial charge in [0.05, 0.1) is 0 Å². The van der Waals surface area contributed by atoms with Crippen LogP contribution in [0.1, 0.15) is 5.56 Å². The first-order chi connectivity index (χ1) is 9.08. The van der Waals surface area contributed by atoms with Crippen LogP contribution >= 0.6 is 23.2 Å². The summed E-state index contributed by atoms with van der Waals surface area (Å²) in [7, 11) is 0. The van der Waals surface area contributed by atoms with Crippen molar-refractivity contribution in [3.8, 4) is 5.75 Å². The summed E-state index contributed by atoms with van der Waals surface area (Å²) < 4.78 is 0. The Labute approximate surface area is 122 Å². The third-order valence-corrected chi connectivity index (χ3v) is 3.63. The molecule has 6 heteroatoms. The van der Waals surface area contributed by atoms with Gasteiger partial charge in [0.25, 0.3) is 0 Å². The average Bonchev–Trinajstić information content (AvgIpc) is 2.37. The normalized spacial score (nSPS) is 16.6. The number of halogens is 2. The molecule has 1 aliphatic rings. The maximum Gasteiger partial charge on any atom is 0.237 e. The van der Waals surface area contributed by atoms with E-state index in [0.29, 0.717) is 18.1 Å². The van der Waals surface area contributed by atoms with E-state index in [-0.39, 0.29) is 17.5 Å². The number of alkyl halides is 1. The molecule has 0 aromatic heterocycles. The fourth-order valence-corrected chi connectivity index (χ4v) is 2.64. The van der Waals surface area contributed by atoms with Gasteiger partial charge in [0.2, 0.25) is 5.91 Å². The number of aromatic hydroxyl groups is 1. The number of phenolic OH excluding ortho intramolecular Hbond substituents is 1. The fraction of sp³-hybridized carbons (Fsp3) is 0.462. The lowest BCUT2D eigenvalue weighted by molar-refractivity contribution is -0.130. The molecule has 0 radical (unpaired) electrons. The molecule has 1 amide bonds. The Balaban J connectivity index is 1.90. The number of nitrogens with zero attached hydrogens (tertiary/aromatic N) is 2. The molecule has 4 nitrogen and oxygen atoms in total. The molecule has 1 saturated heterocycles. The molecule has 1 aromatic rings. The number of carbonyl (C=O) groups excluding carboxylic acids is 1. The predicted molar refractivity (Wildman–Crippen MR) is 75.7 cm³/mol. The first-order valence-electron chi connectivity index (χ1n) is 6.13. The second-order valence-corrected chi connectivity index (χ2v) is 5.31. The van der Waals surface area contributed by atoms with Crippen LogP contribution in [0.5, 0.6) is 5.75 Å². The highest BCUT2D eigenvalue weighted by molar-refractivity contribution is 6.30. The monoisotopic (exact) mass is 302 g/mol. The number of carbonyl (C=O) groups is 1. The summed E-state index contributed by atoms with van der Waals surface area (Å²) in [6.45, 7) is 3.71. The molecule has 0 spiro atoms. The summed E-state index contributed by atoms with van der Waals surface area (Å²) in [4.78, 5) is 15.4. The van der Waals surface area contributed by atoms with E-state index in [1.807, 2.05) is 6.07 Å². The molecule has 19 heavy (non-hydrogen) atoms. The SMILES string of the molecule is O=C(CCl)N1CCN(Cc2cc(O)cc(Cl)c2)CC1. The topological polar surface area (TPSA) is 43.8 Å². The van der Waals surface area contributed by atoms with Gasteiger partial charge in [-0.1, -0.05) is 11.6 Å². The van der Waals surface area contributed by atoms with Crippen LogP contribution in [0.25, 0.3) is 0 Å². The number of amides is 1. The zero-order valence-corrected chi connectivity index (χ0v) is 12.0. The molecule has 1 aliphatic heterocycles. The molecule has 0 atom stereocenters. The van der Waals surface area contributed by atoms with Crippen LogP contribution in [-0.2, 0) is 11.3 Å². The van der Waals surface area contributed by atoms with Crippen molar-refractivity contribution in [3.63, 3.8) is 0 Å². The molecule has 104 valence electrons. The first kappa shape index (κ1) is 14.4. The number of piperazine rings is 1. The number of benzene rings is 1. The molecule has 0 unspecified atom stereocenters. The van der Waals surface area contributed by atoms with Gasteiger partial charge in [-0.2, -0.15) is 0 Å².